The van der Waals surface area contributed by atoms with E-state index in [1.807, 2.05) is 13.0 Å². The Kier molecular flexibility index (Phi) is 2.44. The van der Waals surface area contributed by atoms with Gasteiger partial charge in [-0.3, -0.25) is 9.69 Å². The number of ether oxygens (including phenoxy) is 1. The lowest BCUT2D eigenvalue weighted by Crippen LogP contribution is -2.31. The van der Waals surface area contributed by atoms with Crippen LogP contribution in [-0.4, -0.2) is 30.6 Å². The van der Waals surface area contributed by atoms with Crippen LogP contribution >= 0.6 is 0 Å². The number of likely N-dealkylation sites (tertiary alicyclic amines) is 1. The number of nitrogens with zero attached hydrogens (tertiary/aromatic N) is 1. The van der Waals surface area contributed by atoms with Crippen LogP contribution in [0.5, 0.6) is 0 Å². The van der Waals surface area contributed by atoms with E-state index >= 15 is 0 Å². The molecule has 3 heteroatoms. The largest absolute Gasteiger partial charge is 0.465 e. The van der Waals surface area contributed by atoms with Crippen LogP contribution in [0.2, 0.25) is 0 Å². The molecule has 2 aliphatic heterocycles. The second kappa shape index (κ2) is 3.84. The molecule has 0 spiro atoms. The van der Waals surface area contributed by atoms with Crippen LogP contribution in [0.4, 0.5) is 0 Å². The van der Waals surface area contributed by atoms with Gasteiger partial charge >= 0.3 is 5.97 Å². The Bertz CT molecular complexity index is 431. The Morgan fingerprint density at radius 3 is 2.88 bits per heavy atom. The van der Waals surface area contributed by atoms with Crippen molar-refractivity contribution >= 4 is 5.97 Å². The maximum atomic E-state index is 11.7. The molecule has 2 heterocycles. The van der Waals surface area contributed by atoms with Gasteiger partial charge < -0.3 is 4.74 Å². The Labute approximate surface area is 101 Å². The molecule has 0 bridgehead atoms. The lowest BCUT2D eigenvalue weighted by atomic mass is 9.83. The first-order chi connectivity index (χ1) is 8.18. The van der Waals surface area contributed by atoms with Crippen LogP contribution in [0.25, 0.3) is 0 Å². The molecule has 90 valence electrons. The van der Waals surface area contributed by atoms with E-state index < -0.39 is 0 Å². The lowest BCUT2D eigenvalue weighted by Gasteiger charge is -2.19. The van der Waals surface area contributed by atoms with Gasteiger partial charge in [-0.15, -0.1) is 0 Å². The summed E-state index contributed by atoms with van der Waals surface area (Å²) < 4.78 is 5.16. The summed E-state index contributed by atoms with van der Waals surface area (Å²) in [6, 6.07) is 10.4. The molecule has 2 unspecified atom stereocenters. The molecule has 0 saturated carbocycles. The first-order valence-corrected chi connectivity index (χ1v) is 6.12. The van der Waals surface area contributed by atoms with Gasteiger partial charge in [0.05, 0.1) is 12.0 Å². The van der Waals surface area contributed by atoms with E-state index in [-0.39, 0.29) is 11.4 Å². The van der Waals surface area contributed by atoms with Crippen LogP contribution in [0.3, 0.4) is 0 Å². The first-order valence-electron chi connectivity index (χ1n) is 6.12. The van der Waals surface area contributed by atoms with Crippen LogP contribution in [0.1, 0.15) is 12.5 Å². The van der Waals surface area contributed by atoms with Gasteiger partial charge in [-0.05, 0) is 12.5 Å². The predicted octanol–water partition coefficient (Wildman–Crippen LogP) is 1.68. The molecule has 1 aromatic carbocycles. The minimum absolute atomic E-state index is 0.0157. The van der Waals surface area contributed by atoms with Crippen molar-refractivity contribution in [1.82, 2.24) is 4.90 Å². The highest BCUT2D eigenvalue weighted by atomic mass is 16.5. The fourth-order valence-corrected chi connectivity index (χ4v) is 2.94. The van der Waals surface area contributed by atoms with Crippen molar-refractivity contribution in [2.24, 2.45) is 11.3 Å². The van der Waals surface area contributed by atoms with Gasteiger partial charge in [0.25, 0.3) is 0 Å². The van der Waals surface area contributed by atoms with Crippen molar-refractivity contribution < 1.29 is 9.53 Å². The maximum Gasteiger partial charge on any atom is 0.313 e. The molecule has 1 aromatic rings. The first kappa shape index (κ1) is 10.8. The van der Waals surface area contributed by atoms with Crippen LogP contribution < -0.4 is 0 Å². The van der Waals surface area contributed by atoms with Gasteiger partial charge in [0.1, 0.15) is 0 Å². The maximum absolute atomic E-state index is 11.7. The molecule has 3 rings (SSSR count). The SMILES string of the molecule is CC12CN(Cc3ccccc3)CC1COC2=O. The smallest absolute Gasteiger partial charge is 0.313 e. The van der Waals surface area contributed by atoms with E-state index in [2.05, 4.69) is 29.2 Å². The van der Waals surface area contributed by atoms with Gasteiger partial charge in [0.15, 0.2) is 0 Å². The number of esters is 1. The lowest BCUT2D eigenvalue weighted by molar-refractivity contribution is -0.145. The van der Waals surface area contributed by atoms with Crippen molar-refractivity contribution in [3.8, 4) is 0 Å². The number of carbonyl (C=O) groups is 1. The topological polar surface area (TPSA) is 29.5 Å². The molecule has 0 aliphatic carbocycles. The number of fused-ring (bicyclic) bond motifs is 1. The molecular formula is C14H17NO2. The summed E-state index contributed by atoms with van der Waals surface area (Å²) in [5.74, 6) is 0.358. The zero-order chi connectivity index (χ0) is 11.9. The fourth-order valence-electron chi connectivity index (χ4n) is 2.94. The second-order valence-electron chi connectivity index (χ2n) is 5.37. The Morgan fingerprint density at radius 1 is 1.41 bits per heavy atom. The van der Waals surface area contributed by atoms with Crippen molar-refractivity contribution in [2.45, 2.75) is 13.5 Å². The molecule has 2 fully saturated rings. The average Bonchev–Trinajstić information content (AvgIpc) is 2.77. The molecule has 17 heavy (non-hydrogen) atoms. The monoisotopic (exact) mass is 231 g/mol. The molecule has 3 nitrogen and oxygen atoms in total. The van der Waals surface area contributed by atoms with Crippen LogP contribution in [0.15, 0.2) is 30.3 Å². The normalized spacial score (nSPS) is 32.5. The highest BCUT2D eigenvalue weighted by Gasteiger charge is 2.54. The molecule has 0 amide bonds. The zero-order valence-corrected chi connectivity index (χ0v) is 10.1. The molecule has 2 atom stereocenters. The molecule has 0 N–H and O–H groups in total. The third-order valence-corrected chi connectivity index (χ3v) is 4.06. The van der Waals surface area contributed by atoms with E-state index in [0.29, 0.717) is 12.5 Å². The third kappa shape index (κ3) is 1.75. The molecule has 2 aliphatic rings. The summed E-state index contributed by atoms with van der Waals surface area (Å²) in [4.78, 5) is 14.1. The van der Waals surface area contributed by atoms with E-state index in [4.69, 9.17) is 4.74 Å². The van der Waals surface area contributed by atoms with Gasteiger partial charge in [0.2, 0.25) is 0 Å². The molecule has 0 aromatic heterocycles. The number of hydrogen-bond donors (Lipinski definition) is 0. The standard InChI is InChI=1S/C14H17NO2/c1-14-10-15(7-11-5-3-2-4-6-11)8-12(14)9-17-13(14)16/h2-6,12H,7-10H2,1H3. The highest BCUT2D eigenvalue weighted by molar-refractivity contribution is 5.79. The minimum Gasteiger partial charge on any atom is -0.465 e. The average molecular weight is 231 g/mol. The zero-order valence-electron chi connectivity index (χ0n) is 10.1. The van der Waals surface area contributed by atoms with Crippen molar-refractivity contribution in [1.29, 1.82) is 0 Å². The number of carbonyl (C=O) groups excluding carboxylic acids is 1. The van der Waals surface area contributed by atoms with Crippen molar-refractivity contribution in [3.63, 3.8) is 0 Å². The third-order valence-electron chi connectivity index (χ3n) is 4.06. The summed E-state index contributed by atoms with van der Waals surface area (Å²) >= 11 is 0. The quantitative estimate of drug-likeness (QED) is 0.725. The molecule has 2 saturated heterocycles. The summed E-state index contributed by atoms with van der Waals surface area (Å²) in [5, 5.41) is 0. The highest BCUT2D eigenvalue weighted by Crippen LogP contribution is 2.42. The second-order valence-corrected chi connectivity index (χ2v) is 5.37. The van der Waals surface area contributed by atoms with E-state index in [1.54, 1.807) is 0 Å². The van der Waals surface area contributed by atoms with E-state index in [9.17, 15) is 4.79 Å². The number of rotatable bonds is 2. The molecule has 0 radical (unpaired) electrons. The van der Waals surface area contributed by atoms with Crippen molar-refractivity contribution in [2.75, 3.05) is 19.7 Å². The summed E-state index contributed by atoms with van der Waals surface area (Å²) in [7, 11) is 0. The Hall–Kier alpha value is -1.35. The van der Waals surface area contributed by atoms with E-state index in [1.165, 1.54) is 5.56 Å². The fraction of sp³-hybridized carbons (Fsp3) is 0.500. The summed E-state index contributed by atoms with van der Waals surface area (Å²) in [6.07, 6.45) is 0. The van der Waals surface area contributed by atoms with Crippen molar-refractivity contribution in [3.05, 3.63) is 35.9 Å². The Morgan fingerprint density at radius 2 is 2.18 bits per heavy atom. The van der Waals surface area contributed by atoms with Crippen LogP contribution in [-0.2, 0) is 16.1 Å². The van der Waals surface area contributed by atoms with Gasteiger partial charge in [-0.25, -0.2) is 0 Å². The summed E-state index contributed by atoms with van der Waals surface area (Å²) in [6.45, 7) is 5.36. The van der Waals surface area contributed by atoms with Gasteiger partial charge in [-0.1, -0.05) is 30.3 Å². The molecular weight excluding hydrogens is 214 g/mol. The number of cyclic esters (lactones) is 1. The van der Waals surface area contributed by atoms with Crippen LogP contribution in [0, 0.1) is 11.3 Å². The number of hydrogen-bond acceptors (Lipinski definition) is 3. The Balaban J connectivity index is 1.71. The number of benzene rings is 1. The van der Waals surface area contributed by atoms with Gasteiger partial charge in [-0.2, -0.15) is 0 Å². The van der Waals surface area contributed by atoms with Gasteiger partial charge in [0, 0.05) is 25.6 Å². The van der Waals surface area contributed by atoms with E-state index in [0.717, 1.165) is 19.6 Å². The predicted molar refractivity (Wildman–Crippen MR) is 64.3 cm³/mol. The minimum atomic E-state index is -0.269. The summed E-state index contributed by atoms with van der Waals surface area (Å²) in [5.41, 5.74) is 1.04.